The molecule has 3 heteroatoms. The number of para-hydroxylation sites is 2. The summed E-state index contributed by atoms with van der Waals surface area (Å²) in [4.78, 5) is 0. The monoisotopic (exact) mass is 571 g/mol. The lowest BCUT2D eigenvalue weighted by molar-refractivity contribution is 0.981. The first kappa shape index (κ1) is 27.5. The van der Waals surface area contributed by atoms with E-state index < -0.39 is 0 Å². The zero-order valence-electron chi connectivity index (χ0n) is 25.8. The van der Waals surface area contributed by atoms with E-state index in [1.807, 2.05) is 27.7 Å². The minimum atomic E-state index is 0.907. The van der Waals surface area contributed by atoms with Crippen molar-refractivity contribution in [3.05, 3.63) is 139 Å². The van der Waals surface area contributed by atoms with Gasteiger partial charge in [-0.05, 0) is 70.4 Å². The van der Waals surface area contributed by atoms with E-state index in [0.717, 1.165) is 6.54 Å². The molecule has 1 aliphatic rings. The van der Waals surface area contributed by atoms with Gasteiger partial charge in [-0.1, -0.05) is 113 Å². The average Bonchev–Trinajstić information content (AvgIpc) is 3.53. The van der Waals surface area contributed by atoms with E-state index in [4.69, 9.17) is 0 Å². The lowest BCUT2D eigenvalue weighted by atomic mass is 10.00. The van der Waals surface area contributed by atoms with E-state index in [-0.39, 0.29) is 0 Å². The highest BCUT2D eigenvalue weighted by molar-refractivity contribution is 6.10. The Morgan fingerprint density at radius 2 is 1.11 bits per heavy atom. The summed E-state index contributed by atoms with van der Waals surface area (Å²) in [6, 6.07) is 48.6. The molecule has 1 aliphatic heterocycles. The maximum atomic E-state index is 3.54. The van der Waals surface area contributed by atoms with E-state index in [9.17, 15) is 0 Å². The number of hydrogen-bond donors (Lipinski definition) is 1. The Hall–Kier alpha value is -5.28. The van der Waals surface area contributed by atoms with Crippen molar-refractivity contribution < 1.29 is 0 Å². The minimum Gasteiger partial charge on any atom is -0.367 e. The number of hydrogen-bond acceptors (Lipinski definition) is 1. The van der Waals surface area contributed by atoms with Crippen LogP contribution in [0.1, 0.15) is 33.3 Å². The molecule has 8 aromatic rings. The van der Waals surface area contributed by atoms with Gasteiger partial charge in [-0.25, -0.2) is 0 Å². The van der Waals surface area contributed by atoms with Crippen molar-refractivity contribution in [2.75, 3.05) is 5.32 Å². The maximum absolute atomic E-state index is 3.54. The van der Waals surface area contributed by atoms with E-state index in [0.29, 0.717) is 0 Å². The molecule has 9 rings (SSSR count). The summed E-state index contributed by atoms with van der Waals surface area (Å²) in [6.45, 7) is 8.91. The highest BCUT2D eigenvalue weighted by Gasteiger charge is 2.25. The second-order valence-corrected chi connectivity index (χ2v) is 10.7. The fraction of sp³-hybridized carbons (Fsp3) is 0.122. The van der Waals surface area contributed by atoms with Crippen LogP contribution in [0.5, 0.6) is 0 Å². The summed E-state index contributed by atoms with van der Waals surface area (Å²) in [5.41, 5.74) is 9.94. The van der Waals surface area contributed by atoms with Crippen molar-refractivity contribution >= 4 is 49.3 Å². The molecule has 44 heavy (non-hydrogen) atoms. The molecule has 0 atom stereocenters. The van der Waals surface area contributed by atoms with Crippen LogP contribution < -0.4 is 5.32 Å². The predicted molar refractivity (Wildman–Crippen MR) is 191 cm³/mol. The van der Waals surface area contributed by atoms with E-state index in [1.165, 1.54) is 77.4 Å². The molecule has 0 saturated carbocycles. The second-order valence-electron chi connectivity index (χ2n) is 10.7. The Morgan fingerprint density at radius 1 is 0.455 bits per heavy atom. The summed E-state index contributed by atoms with van der Waals surface area (Å²) in [5, 5.41) is 9.93. The van der Waals surface area contributed by atoms with Crippen LogP contribution in [0.25, 0.3) is 66.0 Å². The number of anilines is 1. The van der Waals surface area contributed by atoms with Crippen molar-refractivity contribution in [2.45, 2.75) is 34.2 Å². The van der Waals surface area contributed by atoms with Gasteiger partial charge < -0.3 is 9.88 Å². The van der Waals surface area contributed by atoms with Crippen molar-refractivity contribution in [2.24, 2.45) is 0 Å². The van der Waals surface area contributed by atoms with Gasteiger partial charge in [0.15, 0.2) is 0 Å². The molecule has 2 aromatic heterocycles. The standard InChI is InChI=1S/C37H25N3.2C2H6/c1-2-10-28(11-3-1)40-35-19-16-26(21-32(35)33-23-38-37(33)40)27-15-18-31-30-12-6-7-13-34(30)39(36(31)22-27)29-17-14-24-8-4-5-9-25(24)20-29;2*1-2/h1-22,38H,23H2;2*1-2H3. The first-order valence-electron chi connectivity index (χ1n) is 15.8. The number of nitrogens with zero attached hydrogens (tertiary/aromatic N) is 2. The Bertz CT molecular complexity index is 2270. The van der Waals surface area contributed by atoms with Gasteiger partial charge in [-0.3, -0.25) is 4.57 Å². The first-order valence-corrected chi connectivity index (χ1v) is 15.8. The van der Waals surface area contributed by atoms with Crippen molar-refractivity contribution in [3.8, 4) is 22.5 Å². The third kappa shape index (κ3) is 4.27. The molecule has 0 bridgehead atoms. The Morgan fingerprint density at radius 3 is 1.91 bits per heavy atom. The normalized spacial score (nSPS) is 11.7. The molecule has 0 radical (unpaired) electrons. The van der Waals surface area contributed by atoms with E-state index >= 15 is 0 Å². The van der Waals surface area contributed by atoms with Gasteiger partial charge in [-0.2, -0.15) is 0 Å². The zero-order valence-corrected chi connectivity index (χ0v) is 25.8. The zero-order chi connectivity index (χ0) is 30.2. The molecule has 0 spiro atoms. The highest BCUT2D eigenvalue weighted by atomic mass is 15.2. The van der Waals surface area contributed by atoms with Gasteiger partial charge in [-0.15, -0.1) is 0 Å². The van der Waals surface area contributed by atoms with Gasteiger partial charge >= 0.3 is 0 Å². The van der Waals surface area contributed by atoms with Crippen molar-refractivity contribution in [1.29, 1.82) is 0 Å². The largest absolute Gasteiger partial charge is 0.367 e. The first-order chi connectivity index (χ1) is 21.8. The molecular formula is C41H37N3. The van der Waals surface area contributed by atoms with Crippen molar-refractivity contribution in [1.82, 2.24) is 9.13 Å². The molecule has 0 saturated heterocycles. The third-order valence-electron chi connectivity index (χ3n) is 8.52. The van der Waals surface area contributed by atoms with Gasteiger partial charge in [0.1, 0.15) is 5.82 Å². The van der Waals surface area contributed by atoms with Crippen LogP contribution in [-0.2, 0) is 6.54 Å². The van der Waals surface area contributed by atoms with E-state index in [2.05, 4.69) is 148 Å². The lowest BCUT2D eigenvalue weighted by Gasteiger charge is -2.20. The molecular weight excluding hydrogens is 534 g/mol. The fourth-order valence-corrected chi connectivity index (χ4v) is 6.55. The van der Waals surface area contributed by atoms with Crippen LogP contribution in [-0.4, -0.2) is 9.13 Å². The van der Waals surface area contributed by atoms with Gasteiger partial charge in [0.05, 0.1) is 16.6 Å². The number of aromatic nitrogens is 2. The number of fused-ring (bicyclic) bond motifs is 7. The Labute approximate surface area is 259 Å². The minimum absolute atomic E-state index is 0.907. The molecule has 0 aliphatic carbocycles. The molecule has 0 amide bonds. The number of rotatable bonds is 3. The van der Waals surface area contributed by atoms with Crippen LogP contribution >= 0.6 is 0 Å². The third-order valence-corrected chi connectivity index (χ3v) is 8.52. The topological polar surface area (TPSA) is 21.9 Å². The van der Waals surface area contributed by atoms with Gasteiger partial charge in [0.2, 0.25) is 0 Å². The van der Waals surface area contributed by atoms with E-state index in [1.54, 1.807) is 0 Å². The molecule has 6 aromatic carbocycles. The SMILES string of the molecule is CC.CC.c1ccc(-n2c3c(c4cc(-c5ccc6c7ccccc7n(-c7ccc8ccccc8c7)c6c5)ccc42)CN3)cc1. The second kappa shape index (κ2) is 11.4. The number of benzene rings is 6. The Balaban J connectivity index is 0.000000753. The summed E-state index contributed by atoms with van der Waals surface area (Å²) in [7, 11) is 0. The van der Waals surface area contributed by atoms with Crippen LogP contribution in [0, 0.1) is 0 Å². The highest BCUT2D eigenvalue weighted by Crippen LogP contribution is 2.41. The van der Waals surface area contributed by atoms with Gasteiger partial charge in [0, 0.05) is 39.6 Å². The van der Waals surface area contributed by atoms with Crippen LogP contribution in [0.15, 0.2) is 133 Å². The fourth-order valence-electron chi connectivity index (χ4n) is 6.55. The maximum Gasteiger partial charge on any atom is 0.117 e. The smallest absolute Gasteiger partial charge is 0.117 e. The number of nitrogens with one attached hydrogen (secondary N) is 1. The molecule has 1 N–H and O–H groups in total. The molecule has 3 nitrogen and oxygen atoms in total. The van der Waals surface area contributed by atoms with Crippen molar-refractivity contribution in [3.63, 3.8) is 0 Å². The molecule has 3 heterocycles. The quantitative estimate of drug-likeness (QED) is 0.224. The summed E-state index contributed by atoms with van der Waals surface area (Å²) < 4.78 is 4.76. The lowest BCUT2D eigenvalue weighted by Crippen LogP contribution is -2.15. The predicted octanol–water partition coefficient (Wildman–Crippen LogP) is 11.5. The molecule has 0 unspecified atom stereocenters. The molecule has 216 valence electrons. The average molecular weight is 572 g/mol. The summed E-state index contributed by atoms with van der Waals surface area (Å²) in [5.74, 6) is 1.21. The van der Waals surface area contributed by atoms with Crippen LogP contribution in [0.4, 0.5) is 5.82 Å². The summed E-state index contributed by atoms with van der Waals surface area (Å²) >= 11 is 0. The summed E-state index contributed by atoms with van der Waals surface area (Å²) in [6.07, 6.45) is 0. The van der Waals surface area contributed by atoms with Crippen LogP contribution in [0.3, 0.4) is 0 Å². The Kier molecular flexibility index (Phi) is 7.15. The molecule has 0 fully saturated rings. The van der Waals surface area contributed by atoms with Gasteiger partial charge in [0.25, 0.3) is 0 Å². The van der Waals surface area contributed by atoms with Crippen LogP contribution in [0.2, 0.25) is 0 Å².